The number of amides is 1. The van der Waals surface area contributed by atoms with Crippen LogP contribution in [-0.4, -0.2) is 39.6 Å². The maximum atomic E-state index is 11.9. The summed E-state index contributed by atoms with van der Waals surface area (Å²) < 4.78 is 0. The number of alkyl halides is 1. The number of aliphatic carboxylic acids is 1. The predicted octanol–water partition coefficient (Wildman–Crippen LogP) is 3.09. The molecule has 0 radical (unpaired) electrons. The van der Waals surface area contributed by atoms with E-state index in [1.165, 1.54) is 0 Å². The minimum absolute atomic E-state index is 0.0244. The highest BCUT2D eigenvalue weighted by atomic mass is 79.9. The third-order valence-electron chi connectivity index (χ3n) is 3.52. The number of hydrogen-bond donors (Lipinski definition) is 3. The van der Waals surface area contributed by atoms with Crippen LogP contribution in [-0.2, 0) is 9.59 Å². The minimum Gasteiger partial charge on any atom is -0.481 e. The van der Waals surface area contributed by atoms with E-state index in [9.17, 15) is 14.7 Å². The molecule has 1 amide bonds. The second-order valence-corrected chi connectivity index (χ2v) is 6.93. The molecule has 0 heterocycles. The molecule has 2 unspecified atom stereocenters. The molecule has 3 N–H and O–H groups in total. The van der Waals surface area contributed by atoms with E-state index in [1.54, 1.807) is 0 Å². The summed E-state index contributed by atoms with van der Waals surface area (Å²) >= 11 is 3.31. The highest BCUT2D eigenvalue weighted by Crippen LogP contribution is 2.21. The molecular weight excluding hydrogens is 350 g/mol. The molecule has 6 heteroatoms. The van der Waals surface area contributed by atoms with Crippen molar-refractivity contribution in [2.45, 2.75) is 77.4 Å². The Kier molecular flexibility index (Phi) is 12.5. The van der Waals surface area contributed by atoms with E-state index in [0.29, 0.717) is 12.8 Å². The smallest absolute Gasteiger partial charge is 0.303 e. The fraction of sp³-hybridized carbons (Fsp3) is 0.875. The number of rotatable bonds is 13. The summed E-state index contributed by atoms with van der Waals surface area (Å²) in [5.41, 5.74) is 0. The average molecular weight is 380 g/mol. The standard InChI is InChI=1S/C16H30BrNO4/c1-12(2)18-15(20)11-13(6-4-8-16(21)22)5-3-7-14(19)9-10-17/h12-14,19H,3-11H2,1-2H3,(H,18,20)(H,21,22). The van der Waals surface area contributed by atoms with Gasteiger partial charge in [0.1, 0.15) is 0 Å². The quantitative estimate of drug-likeness (QED) is 0.429. The van der Waals surface area contributed by atoms with Gasteiger partial charge in [-0.3, -0.25) is 9.59 Å². The van der Waals surface area contributed by atoms with Crippen LogP contribution >= 0.6 is 15.9 Å². The molecule has 130 valence electrons. The Morgan fingerprint density at radius 3 is 2.27 bits per heavy atom. The van der Waals surface area contributed by atoms with E-state index in [1.807, 2.05) is 13.8 Å². The van der Waals surface area contributed by atoms with Gasteiger partial charge in [0.25, 0.3) is 0 Å². The predicted molar refractivity (Wildman–Crippen MR) is 91.1 cm³/mol. The monoisotopic (exact) mass is 379 g/mol. The first-order valence-electron chi connectivity index (χ1n) is 8.10. The zero-order chi connectivity index (χ0) is 17.0. The van der Waals surface area contributed by atoms with Crippen molar-refractivity contribution in [3.8, 4) is 0 Å². The van der Waals surface area contributed by atoms with E-state index in [0.717, 1.165) is 37.4 Å². The highest BCUT2D eigenvalue weighted by Gasteiger charge is 2.16. The molecule has 0 spiro atoms. The Hall–Kier alpha value is -0.620. The van der Waals surface area contributed by atoms with E-state index < -0.39 is 5.97 Å². The summed E-state index contributed by atoms with van der Waals surface area (Å²) in [5, 5.41) is 22.1. The maximum Gasteiger partial charge on any atom is 0.303 e. The Morgan fingerprint density at radius 1 is 1.09 bits per heavy atom. The van der Waals surface area contributed by atoms with Gasteiger partial charge in [-0.15, -0.1) is 0 Å². The number of carbonyl (C=O) groups excluding carboxylic acids is 1. The second kappa shape index (κ2) is 12.9. The number of carboxylic acid groups (broad SMARTS) is 1. The van der Waals surface area contributed by atoms with E-state index in [2.05, 4.69) is 21.2 Å². The Labute approximate surface area is 142 Å². The first-order valence-corrected chi connectivity index (χ1v) is 9.22. The number of carbonyl (C=O) groups is 2. The molecule has 0 saturated carbocycles. The molecule has 22 heavy (non-hydrogen) atoms. The summed E-state index contributed by atoms with van der Waals surface area (Å²) in [6.07, 6.45) is 4.80. The average Bonchev–Trinajstić information content (AvgIpc) is 2.37. The van der Waals surface area contributed by atoms with Crippen molar-refractivity contribution >= 4 is 27.8 Å². The molecule has 0 aromatic heterocycles. The highest BCUT2D eigenvalue weighted by molar-refractivity contribution is 9.09. The lowest BCUT2D eigenvalue weighted by Gasteiger charge is -2.18. The topological polar surface area (TPSA) is 86.6 Å². The fourth-order valence-electron chi connectivity index (χ4n) is 2.45. The van der Waals surface area contributed by atoms with Crippen LogP contribution in [0.4, 0.5) is 0 Å². The van der Waals surface area contributed by atoms with Gasteiger partial charge < -0.3 is 15.5 Å². The van der Waals surface area contributed by atoms with Gasteiger partial charge in [0.15, 0.2) is 0 Å². The van der Waals surface area contributed by atoms with Crippen molar-refractivity contribution in [3.05, 3.63) is 0 Å². The van der Waals surface area contributed by atoms with Crippen molar-refractivity contribution in [2.75, 3.05) is 5.33 Å². The molecule has 0 fully saturated rings. The fourth-order valence-corrected chi connectivity index (χ4v) is 2.97. The number of hydrogen-bond acceptors (Lipinski definition) is 3. The summed E-state index contributed by atoms with van der Waals surface area (Å²) in [6, 6.07) is 0.118. The van der Waals surface area contributed by atoms with Crippen LogP contribution in [0.1, 0.15) is 65.2 Å². The zero-order valence-electron chi connectivity index (χ0n) is 13.7. The van der Waals surface area contributed by atoms with Crippen molar-refractivity contribution in [1.29, 1.82) is 0 Å². The zero-order valence-corrected chi connectivity index (χ0v) is 15.3. The molecule has 0 aromatic rings. The van der Waals surface area contributed by atoms with Gasteiger partial charge in [0.05, 0.1) is 6.10 Å². The molecule has 0 bridgehead atoms. The Morgan fingerprint density at radius 2 is 1.73 bits per heavy atom. The van der Waals surface area contributed by atoms with E-state index in [-0.39, 0.29) is 30.4 Å². The van der Waals surface area contributed by atoms with Crippen molar-refractivity contribution in [3.63, 3.8) is 0 Å². The van der Waals surface area contributed by atoms with Gasteiger partial charge in [-0.2, -0.15) is 0 Å². The lowest BCUT2D eigenvalue weighted by molar-refractivity contribution is -0.137. The number of nitrogens with one attached hydrogen (secondary N) is 1. The lowest BCUT2D eigenvalue weighted by atomic mass is 9.91. The summed E-state index contributed by atoms with van der Waals surface area (Å²) in [5.74, 6) is -0.580. The normalized spacial score (nSPS) is 13.9. The maximum absolute atomic E-state index is 11.9. The third-order valence-corrected chi connectivity index (χ3v) is 3.98. The summed E-state index contributed by atoms with van der Waals surface area (Å²) in [6.45, 7) is 3.85. The van der Waals surface area contributed by atoms with Gasteiger partial charge in [0, 0.05) is 24.2 Å². The van der Waals surface area contributed by atoms with Crippen LogP contribution in [0.25, 0.3) is 0 Å². The molecule has 0 aliphatic heterocycles. The Bertz CT molecular complexity index is 323. The first-order chi connectivity index (χ1) is 10.3. The van der Waals surface area contributed by atoms with Crippen LogP contribution in [0, 0.1) is 5.92 Å². The molecule has 0 rings (SSSR count). The SMILES string of the molecule is CC(C)NC(=O)CC(CCCC(=O)O)CCCC(O)CCBr. The number of carboxylic acids is 1. The molecule has 2 atom stereocenters. The van der Waals surface area contributed by atoms with Crippen molar-refractivity contribution in [2.24, 2.45) is 5.92 Å². The van der Waals surface area contributed by atoms with E-state index in [4.69, 9.17) is 5.11 Å². The molecule has 0 aliphatic rings. The van der Waals surface area contributed by atoms with Gasteiger partial charge in [0.2, 0.25) is 5.91 Å². The van der Waals surface area contributed by atoms with Crippen molar-refractivity contribution in [1.82, 2.24) is 5.32 Å². The van der Waals surface area contributed by atoms with Gasteiger partial charge in [-0.25, -0.2) is 0 Å². The first kappa shape index (κ1) is 21.4. The number of halogens is 1. The summed E-state index contributed by atoms with van der Waals surface area (Å²) in [7, 11) is 0. The lowest BCUT2D eigenvalue weighted by Crippen LogP contribution is -2.31. The number of aliphatic hydroxyl groups excluding tert-OH is 1. The van der Waals surface area contributed by atoms with Gasteiger partial charge >= 0.3 is 5.97 Å². The second-order valence-electron chi connectivity index (χ2n) is 6.14. The van der Waals surface area contributed by atoms with Crippen molar-refractivity contribution < 1.29 is 19.8 Å². The molecule has 5 nitrogen and oxygen atoms in total. The molecular formula is C16H30BrNO4. The number of aliphatic hydroxyl groups is 1. The van der Waals surface area contributed by atoms with E-state index >= 15 is 0 Å². The molecule has 0 aliphatic carbocycles. The van der Waals surface area contributed by atoms with Crippen LogP contribution in [0.2, 0.25) is 0 Å². The van der Waals surface area contributed by atoms with Crippen LogP contribution in [0.15, 0.2) is 0 Å². The van der Waals surface area contributed by atoms with Gasteiger partial charge in [-0.05, 0) is 51.9 Å². The van der Waals surface area contributed by atoms with Crippen LogP contribution < -0.4 is 5.32 Å². The molecule has 0 saturated heterocycles. The molecule has 0 aromatic carbocycles. The van der Waals surface area contributed by atoms with Gasteiger partial charge in [-0.1, -0.05) is 22.4 Å². The largest absolute Gasteiger partial charge is 0.481 e. The van der Waals surface area contributed by atoms with Crippen LogP contribution in [0.3, 0.4) is 0 Å². The third kappa shape index (κ3) is 13.1. The summed E-state index contributed by atoms with van der Waals surface area (Å²) in [4.78, 5) is 22.5. The van der Waals surface area contributed by atoms with Crippen LogP contribution in [0.5, 0.6) is 0 Å². The minimum atomic E-state index is -0.793. The Balaban J connectivity index is 4.20.